The summed E-state index contributed by atoms with van der Waals surface area (Å²) < 4.78 is 27.6. The van der Waals surface area contributed by atoms with Crippen molar-refractivity contribution in [3.05, 3.63) is 57.8 Å². The number of H-pyrrole nitrogens is 1. The first kappa shape index (κ1) is 21.3. The molecule has 0 saturated carbocycles. The number of piperidine rings is 1. The lowest BCUT2D eigenvalue weighted by Gasteiger charge is -2.38. The molecule has 32 heavy (non-hydrogen) atoms. The zero-order valence-electron chi connectivity index (χ0n) is 17.5. The van der Waals surface area contributed by atoms with E-state index in [0.717, 1.165) is 19.3 Å². The molecule has 5 rings (SSSR count). The number of carbonyl (C=O) groups excluding carboxylic acids is 1. The Kier molecular flexibility index (Phi) is 5.39. The molecule has 0 bridgehead atoms. The van der Waals surface area contributed by atoms with Crippen LogP contribution in [0.1, 0.15) is 25.0 Å². The standard InChI is InChI=1S/C22H24N4O4S2/c27-19(14-18-16-4-1-2-5-17(16)21(28)24-23-18)25-10-7-22(15-25)8-11-26(12-9-22)32(29,30)20-6-3-13-31-20/h1-6,13H,7-12,14-15H2,(H,24,28). The summed E-state index contributed by atoms with van der Waals surface area (Å²) in [6.07, 6.45) is 2.51. The highest BCUT2D eigenvalue weighted by atomic mass is 32.2. The molecule has 1 amide bonds. The Hall–Kier alpha value is -2.56. The molecule has 0 radical (unpaired) electrons. The van der Waals surface area contributed by atoms with Crippen LogP contribution < -0.4 is 5.56 Å². The van der Waals surface area contributed by atoms with Crippen molar-refractivity contribution in [2.75, 3.05) is 26.2 Å². The Morgan fingerprint density at radius 2 is 1.78 bits per heavy atom. The summed E-state index contributed by atoms with van der Waals surface area (Å²) in [7, 11) is -3.43. The number of thiophene rings is 1. The molecule has 2 saturated heterocycles. The van der Waals surface area contributed by atoms with E-state index in [0.29, 0.717) is 46.9 Å². The van der Waals surface area contributed by atoms with Crippen LogP contribution in [0.5, 0.6) is 0 Å². The smallest absolute Gasteiger partial charge is 0.272 e. The van der Waals surface area contributed by atoms with Gasteiger partial charge in [-0.3, -0.25) is 9.59 Å². The van der Waals surface area contributed by atoms with Gasteiger partial charge in [0.1, 0.15) is 4.21 Å². The average molecular weight is 473 g/mol. The van der Waals surface area contributed by atoms with E-state index in [-0.39, 0.29) is 23.3 Å². The molecule has 0 unspecified atom stereocenters. The molecule has 0 aliphatic carbocycles. The molecule has 1 N–H and O–H groups in total. The third-order valence-corrected chi connectivity index (χ3v) is 10.0. The SMILES string of the molecule is O=C(Cc1n[nH]c(=O)c2ccccc12)N1CCC2(CCN(S(=O)(=O)c3cccs3)CC2)C1. The van der Waals surface area contributed by atoms with E-state index in [4.69, 9.17) is 0 Å². The summed E-state index contributed by atoms with van der Waals surface area (Å²) in [4.78, 5) is 26.9. The number of hydrogen-bond acceptors (Lipinski definition) is 6. The number of carbonyl (C=O) groups is 1. The van der Waals surface area contributed by atoms with E-state index >= 15 is 0 Å². The topological polar surface area (TPSA) is 103 Å². The van der Waals surface area contributed by atoms with Crippen LogP contribution in [0, 0.1) is 5.41 Å². The first-order chi connectivity index (χ1) is 15.4. The maximum atomic E-state index is 13.0. The van der Waals surface area contributed by atoms with Crippen LogP contribution in [-0.2, 0) is 21.2 Å². The fourth-order valence-corrected chi connectivity index (χ4v) is 7.44. The van der Waals surface area contributed by atoms with E-state index in [1.807, 2.05) is 17.0 Å². The minimum absolute atomic E-state index is 0.0137. The number of benzene rings is 1. The van der Waals surface area contributed by atoms with E-state index < -0.39 is 10.0 Å². The highest BCUT2D eigenvalue weighted by Gasteiger charge is 2.44. The van der Waals surface area contributed by atoms with Gasteiger partial charge < -0.3 is 4.90 Å². The minimum Gasteiger partial charge on any atom is -0.342 e. The number of fused-ring (bicyclic) bond motifs is 1. The highest BCUT2D eigenvalue weighted by Crippen LogP contribution is 2.41. The van der Waals surface area contributed by atoms with Crippen molar-refractivity contribution in [2.24, 2.45) is 5.41 Å². The third kappa shape index (κ3) is 3.76. The Bertz CT molecular complexity index is 1310. The van der Waals surface area contributed by atoms with Gasteiger partial charge in [0.25, 0.3) is 15.6 Å². The summed E-state index contributed by atoms with van der Waals surface area (Å²) in [5.74, 6) is -0.0137. The van der Waals surface area contributed by atoms with Gasteiger partial charge in [-0.25, -0.2) is 13.5 Å². The van der Waals surface area contributed by atoms with Crippen molar-refractivity contribution in [1.29, 1.82) is 0 Å². The molecule has 1 aromatic carbocycles. The second kappa shape index (κ2) is 8.09. The number of likely N-dealkylation sites (tertiary alicyclic amines) is 1. The van der Waals surface area contributed by atoms with Gasteiger partial charge in [0.15, 0.2) is 0 Å². The summed E-state index contributed by atoms with van der Waals surface area (Å²) in [5, 5.41) is 9.62. The van der Waals surface area contributed by atoms with E-state index in [2.05, 4.69) is 10.2 Å². The predicted octanol–water partition coefficient (Wildman–Crippen LogP) is 2.23. The molecule has 4 heterocycles. The first-order valence-corrected chi connectivity index (χ1v) is 13.0. The van der Waals surface area contributed by atoms with Crippen LogP contribution >= 0.6 is 11.3 Å². The lowest BCUT2D eigenvalue weighted by Crippen LogP contribution is -2.44. The molecular weight excluding hydrogens is 448 g/mol. The number of rotatable bonds is 4. The molecule has 168 valence electrons. The number of sulfonamides is 1. The Morgan fingerprint density at radius 1 is 1.06 bits per heavy atom. The molecule has 2 aliphatic rings. The van der Waals surface area contributed by atoms with Gasteiger partial charge in [-0.05, 0) is 42.2 Å². The first-order valence-electron chi connectivity index (χ1n) is 10.7. The van der Waals surface area contributed by atoms with Crippen molar-refractivity contribution in [2.45, 2.75) is 29.9 Å². The fourth-order valence-electron chi connectivity index (χ4n) is 4.86. The highest BCUT2D eigenvalue weighted by molar-refractivity contribution is 7.91. The maximum Gasteiger partial charge on any atom is 0.272 e. The van der Waals surface area contributed by atoms with E-state index in [9.17, 15) is 18.0 Å². The Balaban J connectivity index is 1.25. The van der Waals surface area contributed by atoms with Gasteiger partial charge in [0.2, 0.25) is 5.91 Å². The zero-order valence-corrected chi connectivity index (χ0v) is 19.1. The van der Waals surface area contributed by atoms with Crippen LogP contribution in [0.3, 0.4) is 0 Å². The molecule has 2 aromatic heterocycles. The number of aromatic nitrogens is 2. The molecule has 2 fully saturated rings. The number of amides is 1. The Morgan fingerprint density at radius 3 is 2.50 bits per heavy atom. The van der Waals surface area contributed by atoms with Crippen molar-refractivity contribution < 1.29 is 13.2 Å². The maximum absolute atomic E-state index is 13.0. The van der Waals surface area contributed by atoms with Gasteiger partial charge in [0, 0.05) is 31.6 Å². The van der Waals surface area contributed by atoms with Crippen LogP contribution in [0.15, 0.2) is 50.8 Å². The normalized spacial score (nSPS) is 19.1. The summed E-state index contributed by atoms with van der Waals surface area (Å²) in [6.45, 7) is 2.26. The molecule has 2 aliphatic heterocycles. The molecule has 10 heteroatoms. The van der Waals surface area contributed by atoms with E-state index in [1.54, 1.807) is 34.0 Å². The van der Waals surface area contributed by atoms with Crippen molar-refractivity contribution in [1.82, 2.24) is 19.4 Å². The molecule has 0 atom stereocenters. The van der Waals surface area contributed by atoms with Gasteiger partial charge in [-0.2, -0.15) is 9.40 Å². The summed E-state index contributed by atoms with van der Waals surface area (Å²) in [5.41, 5.74) is 0.279. The van der Waals surface area contributed by atoms with Crippen molar-refractivity contribution in [3.8, 4) is 0 Å². The number of aromatic amines is 1. The second-order valence-corrected chi connectivity index (χ2v) is 11.7. The van der Waals surface area contributed by atoms with Crippen molar-refractivity contribution >= 4 is 38.0 Å². The largest absolute Gasteiger partial charge is 0.342 e. The van der Waals surface area contributed by atoms with Crippen LogP contribution in [0.2, 0.25) is 0 Å². The van der Waals surface area contributed by atoms with Crippen molar-refractivity contribution in [3.63, 3.8) is 0 Å². The van der Waals surface area contributed by atoms with E-state index in [1.165, 1.54) is 11.3 Å². The predicted molar refractivity (Wildman–Crippen MR) is 122 cm³/mol. The zero-order chi connectivity index (χ0) is 22.3. The molecule has 8 nitrogen and oxygen atoms in total. The molecule has 1 spiro atoms. The lowest BCUT2D eigenvalue weighted by molar-refractivity contribution is -0.130. The lowest BCUT2D eigenvalue weighted by atomic mass is 9.78. The molecular formula is C22H24N4O4S2. The van der Waals surface area contributed by atoms with Crippen LogP contribution in [-0.4, -0.2) is 59.9 Å². The third-order valence-electron chi connectivity index (χ3n) is 6.76. The second-order valence-electron chi connectivity index (χ2n) is 8.62. The molecule has 3 aromatic rings. The van der Waals surface area contributed by atoms with Crippen LogP contribution in [0.25, 0.3) is 10.8 Å². The number of nitrogens with one attached hydrogen (secondary N) is 1. The minimum atomic E-state index is -3.43. The monoisotopic (exact) mass is 472 g/mol. The van der Waals surface area contributed by atoms with Gasteiger partial charge >= 0.3 is 0 Å². The fraction of sp³-hybridized carbons (Fsp3) is 0.409. The number of hydrogen-bond donors (Lipinski definition) is 1. The van der Waals surface area contributed by atoms with Gasteiger partial charge in [-0.1, -0.05) is 24.3 Å². The summed E-state index contributed by atoms with van der Waals surface area (Å²) in [6, 6.07) is 10.6. The summed E-state index contributed by atoms with van der Waals surface area (Å²) >= 11 is 1.24. The van der Waals surface area contributed by atoms with Gasteiger partial charge in [-0.15, -0.1) is 11.3 Å². The average Bonchev–Trinajstić information content (AvgIpc) is 3.48. The number of nitrogens with zero attached hydrogens (tertiary/aromatic N) is 3. The quantitative estimate of drug-likeness (QED) is 0.627. The Labute approximate surface area is 189 Å². The van der Waals surface area contributed by atoms with Gasteiger partial charge in [0.05, 0.1) is 17.5 Å². The van der Waals surface area contributed by atoms with Crippen LogP contribution in [0.4, 0.5) is 0 Å².